The fourth-order valence-corrected chi connectivity index (χ4v) is 2.39. The lowest BCUT2D eigenvalue weighted by Gasteiger charge is -2.18. The largest absolute Gasteiger partial charge is 0.389 e. The zero-order valence-corrected chi connectivity index (χ0v) is 11.7. The summed E-state index contributed by atoms with van der Waals surface area (Å²) in [4.78, 5) is 0. The van der Waals surface area contributed by atoms with E-state index in [2.05, 4.69) is 5.32 Å². The van der Waals surface area contributed by atoms with Gasteiger partial charge in [0.25, 0.3) is 0 Å². The van der Waals surface area contributed by atoms with Gasteiger partial charge in [0.05, 0.1) is 19.0 Å². The molecule has 0 bridgehead atoms. The number of aliphatic hydroxyl groups excluding tert-OH is 1. The summed E-state index contributed by atoms with van der Waals surface area (Å²) in [7, 11) is -1.55. The van der Waals surface area contributed by atoms with E-state index in [0.717, 1.165) is 6.42 Å². The highest BCUT2D eigenvalue weighted by atomic mass is 32.2. The molecule has 0 spiro atoms. The zero-order chi connectivity index (χ0) is 13.3. The van der Waals surface area contributed by atoms with Crippen LogP contribution in [0.1, 0.15) is 13.3 Å². The van der Waals surface area contributed by atoms with E-state index in [4.69, 9.17) is 4.74 Å². The summed E-state index contributed by atoms with van der Waals surface area (Å²) in [6.07, 6.45) is 1.42. The SMILES string of the molecule is CCN(CCCNCC(O)COC)S(C)(=O)=O. The second kappa shape index (κ2) is 8.82. The minimum atomic E-state index is -3.09. The Kier molecular flexibility index (Phi) is 8.71. The predicted molar refractivity (Wildman–Crippen MR) is 67.5 cm³/mol. The fourth-order valence-electron chi connectivity index (χ4n) is 1.46. The van der Waals surface area contributed by atoms with Gasteiger partial charge >= 0.3 is 0 Å². The number of sulfonamides is 1. The fraction of sp³-hybridized carbons (Fsp3) is 1.00. The van der Waals surface area contributed by atoms with Crippen molar-refractivity contribution in [3.8, 4) is 0 Å². The Hall–Kier alpha value is -0.210. The van der Waals surface area contributed by atoms with Gasteiger partial charge in [0.15, 0.2) is 0 Å². The minimum absolute atomic E-state index is 0.303. The Morgan fingerprint density at radius 2 is 2.12 bits per heavy atom. The molecule has 0 rings (SSSR count). The van der Waals surface area contributed by atoms with Crippen molar-refractivity contribution < 1.29 is 18.3 Å². The smallest absolute Gasteiger partial charge is 0.211 e. The summed E-state index contributed by atoms with van der Waals surface area (Å²) >= 11 is 0. The van der Waals surface area contributed by atoms with E-state index < -0.39 is 16.1 Å². The number of rotatable bonds is 10. The van der Waals surface area contributed by atoms with Crippen LogP contribution in [0.3, 0.4) is 0 Å². The monoisotopic (exact) mass is 268 g/mol. The van der Waals surface area contributed by atoms with Crippen molar-refractivity contribution >= 4 is 10.0 Å². The topological polar surface area (TPSA) is 78.9 Å². The van der Waals surface area contributed by atoms with Crippen molar-refractivity contribution in [1.82, 2.24) is 9.62 Å². The second-order valence-corrected chi connectivity index (χ2v) is 5.90. The summed E-state index contributed by atoms with van der Waals surface area (Å²) < 4.78 is 28.8. The summed E-state index contributed by atoms with van der Waals surface area (Å²) in [6.45, 7) is 4.24. The number of nitrogens with one attached hydrogen (secondary N) is 1. The van der Waals surface area contributed by atoms with Gasteiger partial charge in [-0.05, 0) is 13.0 Å². The molecule has 0 aromatic heterocycles. The van der Waals surface area contributed by atoms with Crippen molar-refractivity contribution in [3.05, 3.63) is 0 Å². The molecule has 104 valence electrons. The maximum absolute atomic E-state index is 11.3. The van der Waals surface area contributed by atoms with E-state index in [1.165, 1.54) is 17.7 Å². The van der Waals surface area contributed by atoms with Crippen LogP contribution in [0.25, 0.3) is 0 Å². The molecular weight excluding hydrogens is 244 g/mol. The molecule has 0 aliphatic carbocycles. The molecule has 0 saturated carbocycles. The van der Waals surface area contributed by atoms with Crippen LogP contribution >= 0.6 is 0 Å². The van der Waals surface area contributed by atoms with Gasteiger partial charge in [-0.2, -0.15) is 0 Å². The molecule has 1 atom stereocenters. The first-order valence-electron chi connectivity index (χ1n) is 5.74. The van der Waals surface area contributed by atoms with E-state index >= 15 is 0 Å². The quantitative estimate of drug-likeness (QED) is 0.510. The van der Waals surface area contributed by atoms with Crippen molar-refractivity contribution in [1.29, 1.82) is 0 Å². The normalized spacial score (nSPS) is 14.2. The highest BCUT2D eigenvalue weighted by molar-refractivity contribution is 7.88. The molecule has 2 N–H and O–H groups in total. The molecule has 0 aliphatic rings. The Bertz CT molecular complexity index is 282. The Balaban J connectivity index is 3.63. The Morgan fingerprint density at radius 1 is 1.47 bits per heavy atom. The van der Waals surface area contributed by atoms with Crippen molar-refractivity contribution in [3.63, 3.8) is 0 Å². The summed E-state index contributed by atoms with van der Waals surface area (Å²) in [6, 6.07) is 0. The van der Waals surface area contributed by atoms with E-state index in [0.29, 0.717) is 32.8 Å². The lowest BCUT2D eigenvalue weighted by molar-refractivity contribution is 0.0646. The van der Waals surface area contributed by atoms with E-state index in [1.807, 2.05) is 6.92 Å². The minimum Gasteiger partial charge on any atom is -0.389 e. The lowest BCUT2D eigenvalue weighted by atomic mass is 10.3. The molecule has 0 radical (unpaired) electrons. The Labute approximate surface area is 104 Å². The van der Waals surface area contributed by atoms with Crippen LogP contribution in [-0.4, -0.2) is 70.1 Å². The van der Waals surface area contributed by atoms with Crippen LogP contribution in [0, 0.1) is 0 Å². The van der Waals surface area contributed by atoms with Gasteiger partial charge in [-0.15, -0.1) is 0 Å². The lowest BCUT2D eigenvalue weighted by Crippen LogP contribution is -2.34. The second-order valence-electron chi connectivity index (χ2n) is 3.92. The van der Waals surface area contributed by atoms with Gasteiger partial charge in [-0.25, -0.2) is 12.7 Å². The summed E-state index contributed by atoms with van der Waals surface area (Å²) in [5.41, 5.74) is 0. The number of hydrogen-bond acceptors (Lipinski definition) is 5. The average molecular weight is 268 g/mol. The maximum Gasteiger partial charge on any atom is 0.211 e. The molecule has 0 fully saturated rings. The standard InChI is InChI=1S/C10H24N2O4S/c1-4-12(17(3,14)15)7-5-6-11-8-10(13)9-16-2/h10-11,13H,4-9H2,1-3H3. The molecule has 0 aromatic rings. The molecule has 1 unspecified atom stereocenters. The molecule has 17 heavy (non-hydrogen) atoms. The maximum atomic E-state index is 11.3. The van der Waals surface area contributed by atoms with E-state index in [-0.39, 0.29) is 0 Å². The third-order valence-corrected chi connectivity index (χ3v) is 3.70. The molecule has 6 nitrogen and oxygen atoms in total. The Morgan fingerprint density at radius 3 is 2.59 bits per heavy atom. The average Bonchev–Trinajstić information content (AvgIpc) is 2.21. The van der Waals surface area contributed by atoms with E-state index in [1.54, 1.807) is 0 Å². The highest BCUT2D eigenvalue weighted by Gasteiger charge is 2.13. The molecule has 0 aliphatic heterocycles. The van der Waals surface area contributed by atoms with Crippen LogP contribution in [0.2, 0.25) is 0 Å². The highest BCUT2D eigenvalue weighted by Crippen LogP contribution is 1.98. The van der Waals surface area contributed by atoms with Crippen LogP contribution in [0.15, 0.2) is 0 Å². The van der Waals surface area contributed by atoms with Gasteiger partial charge in [0, 0.05) is 26.7 Å². The van der Waals surface area contributed by atoms with Gasteiger partial charge < -0.3 is 15.2 Å². The van der Waals surface area contributed by atoms with Gasteiger partial charge in [-0.3, -0.25) is 0 Å². The van der Waals surface area contributed by atoms with Gasteiger partial charge in [0.1, 0.15) is 0 Å². The predicted octanol–water partition coefficient (Wildman–Crippen LogP) is -0.745. The zero-order valence-electron chi connectivity index (χ0n) is 10.8. The molecule has 0 aromatic carbocycles. The number of nitrogens with zero attached hydrogens (tertiary/aromatic N) is 1. The van der Waals surface area contributed by atoms with Crippen molar-refractivity contribution in [2.24, 2.45) is 0 Å². The van der Waals surface area contributed by atoms with Crippen LogP contribution in [0.4, 0.5) is 0 Å². The molecule has 0 saturated heterocycles. The number of methoxy groups -OCH3 is 1. The summed E-state index contributed by atoms with van der Waals surface area (Å²) in [5, 5.41) is 12.4. The van der Waals surface area contributed by atoms with Crippen LogP contribution < -0.4 is 5.32 Å². The van der Waals surface area contributed by atoms with Crippen molar-refractivity contribution in [2.75, 3.05) is 46.2 Å². The van der Waals surface area contributed by atoms with Crippen LogP contribution in [-0.2, 0) is 14.8 Å². The van der Waals surface area contributed by atoms with Gasteiger partial charge in [0.2, 0.25) is 10.0 Å². The number of ether oxygens (including phenoxy) is 1. The summed E-state index contributed by atoms with van der Waals surface area (Å²) in [5.74, 6) is 0. The molecular formula is C10H24N2O4S. The first-order valence-corrected chi connectivity index (χ1v) is 7.59. The molecule has 0 amide bonds. The van der Waals surface area contributed by atoms with Gasteiger partial charge in [-0.1, -0.05) is 6.92 Å². The van der Waals surface area contributed by atoms with E-state index in [9.17, 15) is 13.5 Å². The number of aliphatic hydroxyl groups is 1. The third kappa shape index (κ3) is 8.50. The first-order chi connectivity index (χ1) is 7.91. The number of hydrogen-bond donors (Lipinski definition) is 2. The van der Waals surface area contributed by atoms with Crippen molar-refractivity contribution in [2.45, 2.75) is 19.4 Å². The molecule has 0 heterocycles. The van der Waals surface area contributed by atoms with Crippen LogP contribution in [0.5, 0.6) is 0 Å². The first kappa shape index (κ1) is 16.8. The molecule has 7 heteroatoms. The third-order valence-electron chi connectivity index (χ3n) is 2.32.